The summed E-state index contributed by atoms with van der Waals surface area (Å²) in [5.74, 6) is 1.05. The number of hydrogen-bond acceptors (Lipinski definition) is 6. The molecule has 0 saturated carbocycles. The molecule has 3 aromatic carbocycles. The second kappa shape index (κ2) is 12.0. The molecular weight excluding hydrogens is 483 g/mol. The first kappa shape index (κ1) is 25.7. The number of ether oxygens (including phenoxy) is 2. The number of fused-ring (bicyclic) bond motifs is 1. The lowest BCUT2D eigenvalue weighted by molar-refractivity contribution is 0.101. The standard InChI is InChI=1S/C31H31FN2O4/c1-22(35)25-12-13-27(37-21-23-8-3-2-4-9-23)29(20-25)36-19-6-5-16-34-17-14-24(15-18-34)31-30-26(32)10-7-11-28(30)38-33-31/h2-13,20,24H,14-19,21H2,1H3/b6-5+. The van der Waals surface area contributed by atoms with E-state index in [2.05, 4.69) is 16.1 Å². The molecule has 7 heteroatoms. The van der Waals surface area contributed by atoms with Crippen molar-refractivity contribution in [1.29, 1.82) is 0 Å². The summed E-state index contributed by atoms with van der Waals surface area (Å²) in [7, 11) is 0. The van der Waals surface area contributed by atoms with Gasteiger partial charge in [-0.2, -0.15) is 0 Å². The van der Waals surface area contributed by atoms with Gasteiger partial charge in [0.1, 0.15) is 19.0 Å². The monoisotopic (exact) mass is 514 g/mol. The van der Waals surface area contributed by atoms with Crippen molar-refractivity contribution in [2.45, 2.75) is 32.3 Å². The van der Waals surface area contributed by atoms with Crippen LogP contribution in [0.25, 0.3) is 11.0 Å². The predicted molar refractivity (Wildman–Crippen MR) is 144 cm³/mol. The van der Waals surface area contributed by atoms with Gasteiger partial charge in [-0.15, -0.1) is 0 Å². The van der Waals surface area contributed by atoms with Crippen LogP contribution in [-0.2, 0) is 6.61 Å². The van der Waals surface area contributed by atoms with E-state index < -0.39 is 0 Å². The Morgan fingerprint density at radius 3 is 2.63 bits per heavy atom. The van der Waals surface area contributed by atoms with Crippen LogP contribution in [-0.4, -0.2) is 42.1 Å². The average molecular weight is 515 g/mol. The summed E-state index contributed by atoms with van der Waals surface area (Å²) in [6.45, 7) is 4.92. The quantitative estimate of drug-likeness (QED) is 0.176. The molecule has 0 bridgehead atoms. The van der Waals surface area contributed by atoms with Crippen LogP contribution in [0.1, 0.15) is 47.3 Å². The molecule has 0 unspecified atom stereocenters. The Bertz CT molecular complexity index is 1410. The first-order valence-electron chi connectivity index (χ1n) is 12.9. The molecule has 6 nitrogen and oxygen atoms in total. The Morgan fingerprint density at radius 1 is 1.03 bits per heavy atom. The molecule has 0 aliphatic carbocycles. The summed E-state index contributed by atoms with van der Waals surface area (Å²) in [5.41, 5.74) is 2.88. The molecule has 1 aliphatic rings. The van der Waals surface area contributed by atoms with Crippen LogP contribution in [0.4, 0.5) is 4.39 Å². The highest BCUT2D eigenvalue weighted by Gasteiger charge is 2.26. The fourth-order valence-corrected chi connectivity index (χ4v) is 4.76. The zero-order chi connectivity index (χ0) is 26.3. The molecule has 38 heavy (non-hydrogen) atoms. The van der Waals surface area contributed by atoms with Crippen molar-refractivity contribution in [3.8, 4) is 11.5 Å². The number of benzene rings is 3. The van der Waals surface area contributed by atoms with Gasteiger partial charge in [-0.1, -0.05) is 53.7 Å². The van der Waals surface area contributed by atoms with Crippen LogP contribution in [0.5, 0.6) is 11.5 Å². The van der Waals surface area contributed by atoms with E-state index in [9.17, 15) is 9.18 Å². The number of likely N-dealkylation sites (tertiary alicyclic amines) is 1. The molecule has 5 rings (SSSR count). The third kappa shape index (κ3) is 6.11. The molecule has 1 aliphatic heterocycles. The Labute approximate surface area is 221 Å². The van der Waals surface area contributed by atoms with Crippen LogP contribution in [0.3, 0.4) is 0 Å². The first-order chi connectivity index (χ1) is 18.6. The lowest BCUT2D eigenvalue weighted by Crippen LogP contribution is -2.33. The van der Waals surface area contributed by atoms with E-state index in [-0.39, 0.29) is 17.5 Å². The van der Waals surface area contributed by atoms with Crippen molar-refractivity contribution in [3.63, 3.8) is 0 Å². The minimum absolute atomic E-state index is 0.0234. The molecule has 4 aromatic rings. The minimum Gasteiger partial charge on any atom is -0.486 e. The van der Waals surface area contributed by atoms with Crippen LogP contribution in [0.2, 0.25) is 0 Å². The lowest BCUT2D eigenvalue weighted by atomic mass is 9.91. The number of halogens is 1. The smallest absolute Gasteiger partial charge is 0.170 e. The zero-order valence-corrected chi connectivity index (χ0v) is 21.4. The lowest BCUT2D eigenvalue weighted by Gasteiger charge is -2.30. The maximum atomic E-state index is 14.3. The SMILES string of the molecule is CC(=O)c1ccc(OCc2ccccc2)c(OC/C=C/CN2CCC(c3noc4cccc(F)c34)CC2)c1. The Balaban J connectivity index is 1.12. The summed E-state index contributed by atoms with van der Waals surface area (Å²) in [6, 6.07) is 20.0. The fraction of sp³-hybridized carbons (Fsp3) is 0.290. The molecule has 0 spiro atoms. The summed E-state index contributed by atoms with van der Waals surface area (Å²) in [4.78, 5) is 14.2. The largest absolute Gasteiger partial charge is 0.486 e. The molecule has 1 saturated heterocycles. The second-order valence-electron chi connectivity index (χ2n) is 9.53. The highest BCUT2D eigenvalue weighted by molar-refractivity contribution is 5.94. The topological polar surface area (TPSA) is 64.8 Å². The molecule has 196 valence electrons. The van der Waals surface area contributed by atoms with Crippen molar-refractivity contribution in [3.05, 3.63) is 102 Å². The number of Topliss-reactive ketones (excluding diaryl/α,β-unsaturated/α-hetero) is 1. The van der Waals surface area contributed by atoms with Crippen molar-refractivity contribution >= 4 is 16.8 Å². The Kier molecular flexibility index (Phi) is 8.14. The fourth-order valence-electron chi connectivity index (χ4n) is 4.76. The van der Waals surface area contributed by atoms with E-state index in [1.807, 2.05) is 36.4 Å². The van der Waals surface area contributed by atoms with Gasteiger partial charge in [0.2, 0.25) is 0 Å². The van der Waals surface area contributed by atoms with Gasteiger partial charge < -0.3 is 14.0 Å². The van der Waals surface area contributed by atoms with Gasteiger partial charge in [-0.05, 0) is 68.8 Å². The zero-order valence-electron chi connectivity index (χ0n) is 21.4. The maximum Gasteiger partial charge on any atom is 0.170 e. The van der Waals surface area contributed by atoms with E-state index >= 15 is 0 Å². The van der Waals surface area contributed by atoms with Gasteiger partial charge in [0.05, 0.1) is 11.1 Å². The number of carbonyl (C=O) groups excluding carboxylic acids is 1. The van der Waals surface area contributed by atoms with Crippen LogP contribution < -0.4 is 9.47 Å². The summed E-state index contributed by atoms with van der Waals surface area (Å²) < 4.78 is 31.6. The van der Waals surface area contributed by atoms with Gasteiger partial charge in [0.15, 0.2) is 22.9 Å². The summed E-state index contributed by atoms with van der Waals surface area (Å²) >= 11 is 0. The Morgan fingerprint density at radius 2 is 1.84 bits per heavy atom. The number of hydrogen-bond donors (Lipinski definition) is 0. The number of carbonyl (C=O) groups is 1. The molecule has 0 radical (unpaired) electrons. The van der Waals surface area contributed by atoms with Crippen molar-refractivity contribution in [1.82, 2.24) is 10.1 Å². The van der Waals surface area contributed by atoms with Gasteiger partial charge in [-0.3, -0.25) is 9.69 Å². The minimum atomic E-state index is -0.272. The number of aromatic nitrogens is 1. The van der Waals surface area contributed by atoms with E-state index in [0.717, 1.165) is 43.7 Å². The summed E-state index contributed by atoms with van der Waals surface area (Å²) in [6.07, 6.45) is 5.87. The van der Waals surface area contributed by atoms with Crippen molar-refractivity contribution < 1.29 is 23.2 Å². The van der Waals surface area contributed by atoms with Crippen LogP contribution >= 0.6 is 0 Å². The normalized spacial score (nSPS) is 14.8. The van der Waals surface area contributed by atoms with Crippen LogP contribution in [0.15, 0.2) is 83.4 Å². The number of nitrogens with zero attached hydrogens (tertiary/aromatic N) is 2. The van der Waals surface area contributed by atoms with Crippen molar-refractivity contribution in [2.24, 2.45) is 0 Å². The third-order valence-electron chi connectivity index (χ3n) is 6.90. The summed E-state index contributed by atoms with van der Waals surface area (Å²) in [5, 5.41) is 4.70. The average Bonchev–Trinajstić information content (AvgIpc) is 3.38. The highest BCUT2D eigenvalue weighted by Crippen LogP contribution is 2.34. The van der Waals surface area contributed by atoms with Gasteiger partial charge in [0, 0.05) is 18.0 Å². The predicted octanol–water partition coefficient (Wildman–Crippen LogP) is 6.56. The van der Waals surface area contributed by atoms with Crippen LogP contribution in [0, 0.1) is 5.82 Å². The highest BCUT2D eigenvalue weighted by atomic mass is 19.1. The van der Waals surface area contributed by atoms with Gasteiger partial charge >= 0.3 is 0 Å². The number of rotatable bonds is 10. The molecule has 0 N–H and O–H groups in total. The Hall–Kier alpha value is -3.97. The second-order valence-corrected chi connectivity index (χ2v) is 9.53. The first-order valence-corrected chi connectivity index (χ1v) is 12.9. The molecule has 0 amide bonds. The third-order valence-corrected chi connectivity index (χ3v) is 6.90. The van der Waals surface area contributed by atoms with E-state index in [1.165, 1.54) is 13.0 Å². The molecule has 1 aromatic heterocycles. The van der Waals surface area contributed by atoms with E-state index in [0.29, 0.717) is 41.2 Å². The van der Waals surface area contributed by atoms with Gasteiger partial charge in [0.25, 0.3) is 0 Å². The van der Waals surface area contributed by atoms with Gasteiger partial charge in [-0.25, -0.2) is 4.39 Å². The van der Waals surface area contributed by atoms with Crippen molar-refractivity contribution in [2.75, 3.05) is 26.2 Å². The number of piperidine rings is 1. The molecule has 2 heterocycles. The molecular formula is C31H31FN2O4. The number of ketones is 1. The van der Waals surface area contributed by atoms with E-state index in [1.54, 1.807) is 30.3 Å². The molecule has 0 atom stereocenters. The molecule has 1 fully saturated rings. The maximum absolute atomic E-state index is 14.3. The van der Waals surface area contributed by atoms with E-state index in [4.69, 9.17) is 14.0 Å².